The molecule has 144 valence electrons. The average Bonchev–Trinajstić information content (AvgIpc) is 3.17. The summed E-state index contributed by atoms with van der Waals surface area (Å²) in [7, 11) is -3.87. The molecule has 0 saturated carbocycles. The third-order valence-electron chi connectivity index (χ3n) is 4.30. The van der Waals surface area contributed by atoms with Gasteiger partial charge in [-0.2, -0.15) is 0 Å². The second-order valence-corrected chi connectivity index (χ2v) is 9.75. The second-order valence-electron chi connectivity index (χ2n) is 6.35. The summed E-state index contributed by atoms with van der Waals surface area (Å²) in [5.41, 5.74) is 2.34. The van der Waals surface area contributed by atoms with Crippen molar-refractivity contribution in [3.63, 3.8) is 0 Å². The first-order chi connectivity index (χ1) is 13.3. The largest absolute Gasteiger partial charge is 0.276 e. The van der Waals surface area contributed by atoms with Crippen LogP contribution in [0.1, 0.15) is 11.1 Å². The third kappa shape index (κ3) is 3.34. The highest BCUT2D eigenvalue weighted by atomic mass is 79.9. The Morgan fingerprint density at radius 3 is 2.43 bits per heavy atom. The lowest BCUT2D eigenvalue weighted by molar-refractivity contribution is 0.599. The fraction of sp³-hybridized carbons (Fsp3) is 0.105. The number of anilines is 1. The zero-order valence-electron chi connectivity index (χ0n) is 14.9. The molecular weight excluding hydrogens is 465 g/mol. The van der Waals surface area contributed by atoms with Crippen molar-refractivity contribution in [2.24, 2.45) is 0 Å². The Labute approximate surface area is 174 Å². The molecule has 2 aromatic heterocycles. The molecule has 0 aliphatic heterocycles. The summed E-state index contributed by atoms with van der Waals surface area (Å²) in [5, 5.41) is 1.82. The molecule has 2 aromatic carbocycles. The van der Waals surface area contributed by atoms with Gasteiger partial charge < -0.3 is 0 Å². The van der Waals surface area contributed by atoms with E-state index in [2.05, 4.69) is 25.6 Å². The van der Waals surface area contributed by atoms with Crippen molar-refractivity contribution in [1.82, 2.24) is 9.38 Å². The molecule has 0 aliphatic rings. The Morgan fingerprint density at radius 1 is 1.14 bits per heavy atom. The maximum absolute atomic E-state index is 13.3. The van der Waals surface area contributed by atoms with Crippen LogP contribution in [-0.4, -0.2) is 17.8 Å². The molecule has 0 fully saturated rings. The highest BCUT2D eigenvalue weighted by Gasteiger charge is 2.25. The molecule has 0 atom stereocenters. The minimum atomic E-state index is -3.87. The summed E-state index contributed by atoms with van der Waals surface area (Å²) in [5.74, 6) is -0.0439. The Balaban J connectivity index is 1.87. The molecular formula is C19H15BrFN3O2S2. The van der Waals surface area contributed by atoms with Gasteiger partial charge in [0.05, 0.1) is 4.90 Å². The zero-order valence-corrected chi connectivity index (χ0v) is 18.1. The molecule has 5 nitrogen and oxygen atoms in total. The van der Waals surface area contributed by atoms with Crippen molar-refractivity contribution >= 4 is 48.1 Å². The van der Waals surface area contributed by atoms with Crippen molar-refractivity contribution in [3.05, 3.63) is 69.4 Å². The van der Waals surface area contributed by atoms with E-state index in [0.717, 1.165) is 4.47 Å². The van der Waals surface area contributed by atoms with Gasteiger partial charge in [-0.1, -0.05) is 15.9 Å². The average molecular weight is 480 g/mol. The van der Waals surface area contributed by atoms with Crippen LogP contribution in [-0.2, 0) is 10.0 Å². The Morgan fingerprint density at radius 2 is 1.79 bits per heavy atom. The molecule has 4 aromatic rings. The van der Waals surface area contributed by atoms with Gasteiger partial charge in [-0.3, -0.25) is 9.12 Å². The minimum absolute atomic E-state index is 0.228. The number of fused-ring (bicyclic) bond motifs is 1. The van der Waals surface area contributed by atoms with Crippen molar-refractivity contribution in [2.75, 3.05) is 4.72 Å². The number of rotatable bonds is 4. The molecule has 0 bridgehead atoms. The number of nitrogens with one attached hydrogen (secondary N) is 1. The number of aromatic nitrogens is 2. The minimum Gasteiger partial charge on any atom is -0.276 e. The van der Waals surface area contributed by atoms with Gasteiger partial charge in [0.1, 0.15) is 11.5 Å². The van der Waals surface area contributed by atoms with Gasteiger partial charge in [-0.05, 0) is 61.4 Å². The first kappa shape index (κ1) is 19.1. The van der Waals surface area contributed by atoms with Crippen molar-refractivity contribution < 1.29 is 12.8 Å². The first-order valence-electron chi connectivity index (χ1n) is 8.27. The maximum Gasteiger partial charge on any atom is 0.263 e. The van der Waals surface area contributed by atoms with Gasteiger partial charge in [0, 0.05) is 21.6 Å². The normalized spacial score (nSPS) is 11.9. The molecule has 0 saturated heterocycles. The van der Waals surface area contributed by atoms with Gasteiger partial charge >= 0.3 is 0 Å². The van der Waals surface area contributed by atoms with Gasteiger partial charge in [-0.15, -0.1) is 11.3 Å². The van der Waals surface area contributed by atoms with E-state index in [4.69, 9.17) is 0 Å². The van der Waals surface area contributed by atoms with E-state index >= 15 is 0 Å². The number of imidazole rings is 1. The SMILES string of the molecule is Cc1cc(Br)cc(C)c1S(=O)(=O)Nc1c(-c2ccc(F)cc2)nc2sccn12. The van der Waals surface area contributed by atoms with Gasteiger partial charge in [0.15, 0.2) is 10.8 Å². The lowest BCUT2D eigenvalue weighted by atomic mass is 10.1. The van der Waals surface area contributed by atoms with E-state index in [1.807, 2.05) is 5.38 Å². The van der Waals surface area contributed by atoms with E-state index in [1.54, 1.807) is 48.7 Å². The zero-order chi connectivity index (χ0) is 20.1. The van der Waals surface area contributed by atoms with Crippen molar-refractivity contribution in [3.8, 4) is 11.3 Å². The number of aryl methyl sites for hydroxylation is 2. The molecule has 4 rings (SSSR count). The number of hydrogen-bond donors (Lipinski definition) is 1. The number of thiazole rings is 1. The first-order valence-corrected chi connectivity index (χ1v) is 11.4. The molecule has 0 aliphatic carbocycles. The monoisotopic (exact) mass is 479 g/mol. The molecule has 0 radical (unpaired) electrons. The highest BCUT2D eigenvalue weighted by molar-refractivity contribution is 9.10. The maximum atomic E-state index is 13.3. The van der Waals surface area contributed by atoms with Crippen LogP contribution in [0.4, 0.5) is 10.2 Å². The molecule has 28 heavy (non-hydrogen) atoms. The van der Waals surface area contributed by atoms with Gasteiger partial charge in [0.2, 0.25) is 0 Å². The predicted molar refractivity (Wildman–Crippen MR) is 113 cm³/mol. The lowest BCUT2D eigenvalue weighted by Gasteiger charge is -2.14. The summed E-state index contributed by atoms with van der Waals surface area (Å²) < 4.78 is 45.0. The fourth-order valence-electron chi connectivity index (χ4n) is 3.19. The Kier molecular flexibility index (Phi) is 4.76. The molecule has 0 unspecified atom stereocenters. The van der Waals surface area contributed by atoms with Crippen molar-refractivity contribution in [2.45, 2.75) is 18.7 Å². The molecule has 0 amide bonds. The van der Waals surface area contributed by atoms with E-state index < -0.39 is 10.0 Å². The topological polar surface area (TPSA) is 63.5 Å². The molecule has 0 spiro atoms. The number of nitrogens with zero attached hydrogens (tertiary/aromatic N) is 2. The number of hydrogen-bond acceptors (Lipinski definition) is 4. The van der Waals surface area contributed by atoms with Crippen LogP contribution in [0.15, 0.2) is 57.3 Å². The quantitative estimate of drug-likeness (QED) is 0.427. The van der Waals surface area contributed by atoms with Crippen LogP contribution in [0.3, 0.4) is 0 Å². The molecule has 9 heteroatoms. The summed E-state index contributed by atoms with van der Waals surface area (Å²) >= 11 is 4.78. The Hall–Kier alpha value is -2.23. The second kappa shape index (κ2) is 6.98. The van der Waals surface area contributed by atoms with Gasteiger partial charge in [0.25, 0.3) is 10.0 Å². The smallest absolute Gasteiger partial charge is 0.263 e. The van der Waals surface area contributed by atoms with Crippen molar-refractivity contribution in [1.29, 1.82) is 0 Å². The summed E-state index contributed by atoms with van der Waals surface area (Å²) in [6.45, 7) is 3.51. The lowest BCUT2D eigenvalue weighted by Crippen LogP contribution is -2.17. The molecule has 1 N–H and O–H groups in total. The van der Waals surface area contributed by atoms with Crippen LogP contribution in [0.25, 0.3) is 16.2 Å². The van der Waals surface area contributed by atoms with E-state index in [0.29, 0.717) is 33.2 Å². The van der Waals surface area contributed by atoms with Crippen LogP contribution in [0.5, 0.6) is 0 Å². The summed E-state index contributed by atoms with van der Waals surface area (Å²) in [6.07, 6.45) is 1.75. The van der Waals surface area contributed by atoms with Crippen LogP contribution in [0.2, 0.25) is 0 Å². The number of sulfonamides is 1. The van der Waals surface area contributed by atoms with E-state index in [-0.39, 0.29) is 10.7 Å². The Bertz CT molecular complexity index is 1270. The summed E-state index contributed by atoms with van der Waals surface area (Å²) in [6, 6.07) is 9.33. The summed E-state index contributed by atoms with van der Waals surface area (Å²) in [4.78, 5) is 5.40. The highest BCUT2D eigenvalue weighted by Crippen LogP contribution is 2.33. The van der Waals surface area contributed by atoms with Crippen LogP contribution < -0.4 is 4.72 Å². The van der Waals surface area contributed by atoms with E-state index in [1.165, 1.54) is 23.5 Å². The van der Waals surface area contributed by atoms with Gasteiger partial charge in [-0.25, -0.2) is 17.8 Å². The number of halogens is 2. The number of benzene rings is 2. The van der Waals surface area contributed by atoms with Crippen LogP contribution >= 0.6 is 27.3 Å². The molecule has 2 heterocycles. The fourth-order valence-corrected chi connectivity index (χ4v) is 6.11. The van der Waals surface area contributed by atoms with Crippen LogP contribution in [0, 0.1) is 19.7 Å². The predicted octanol–water partition coefficient (Wildman–Crippen LogP) is 5.38. The van der Waals surface area contributed by atoms with E-state index in [9.17, 15) is 12.8 Å². The standard InChI is InChI=1S/C19H15BrFN3O2S2/c1-11-9-14(20)10-12(2)17(11)28(25,26)23-18-16(13-3-5-15(21)6-4-13)22-19-24(18)7-8-27-19/h3-10,23H,1-2H3. The third-order valence-corrected chi connectivity index (χ3v) is 7.16.